The van der Waals surface area contributed by atoms with Crippen LogP contribution in [0, 0.1) is 0 Å². The molecule has 1 aliphatic heterocycles. The number of nitrogens with zero attached hydrogens (tertiary/aromatic N) is 1. The first-order valence-electron chi connectivity index (χ1n) is 7.24. The highest BCUT2D eigenvalue weighted by Crippen LogP contribution is 2.10. The largest absolute Gasteiger partial charge is 0.383 e. The number of rotatable bonds is 9. The molecule has 20 heavy (non-hydrogen) atoms. The van der Waals surface area contributed by atoms with Crippen LogP contribution in [0.4, 0.5) is 4.39 Å². The van der Waals surface area contributed by atoms with Gasteiger partial charge in [-0.1, -0.05) is 25.2 Å². The van der Waals surface area contributed by atoms with Gasteiger partial charge in [-0.15, -0.1) is 0 Å². The van der Waals surface area contributed by atoms with E-state index in [9.17, 15) is 9.18 Å². The number of allylic oxidation sites excluding steroid dienone is 6. The molecule has 0 spiro atoms. The maximum absolute atomic E-state index is 12.0. The second kappa shape index (κ2) is 9.48. The minimum atomic E-state index is -0.238. The lowest BCUT2D eigenvalue weighted by molar-refractivity contribution is -0.104. The van der Waals surface area contributed by atoms with E-state index in [1.807, 2.05) is 38.2 Å². The molecule has 1 saturated heterocycles. The van der Waals surface area contributed by atoms with Crippen molar-refractivity contribution < 1.29 is 9.18 Å². The van der Waals surface area contributed by atoms with Crippen LogP contribution in [-0.4, -0.2) is 43.5 Å². The summed E-state index contributed by atoms with van der Waals surface area (Å²) in [6.07, 6.45) is 9.94. The molecule has 0 radical (unpaired) electrons. The summed E-state index contributed by atoms with van der Waals surface area (Å²) in [7, 11) is 0. The Morgan fingerprint density at radius 1 is 1.40 bits per heavy atom. The van der Waals surface area contributed by atoms with Gasteiger partial charge in [0.15, 0.2) is 0 Å². The Hall–Kier alpha value is -1.42. The highest BCUT2D eigenvalue weighted by atomic mass is 19.1. The number of carbonyl (C=O) groups excluding carboxylic acids is 1. The fraction of sp³-hybridized carbons (Fsp3) is 0.562. The predicted octanol–water partition coefficient (Wildman–Crippen LogP) is 2.62. The van der Waals surface area contributed by atoms with Gasteiger partial charge in [-0.2, -0.15) is 0 Å². The first-order chi connectivity index (χ1) is 9.69. The molecule has 3 nitrogen and oxygen atoms in total. The van der Waals surface area contributed by atoms with Crippen molar-refractivity contribution in [1.82, 2.24) is 10.2 Å². The van der Waals surface area contributed by atoms with E-state index in [0.717, 1.165) is 38.0 Å². The summed E-state index contributed by atoms with van der Waals surface area (Å²) in [6.45, 7) is 6.56. The Labute approximate surface area is 121 Å². The zero-order chi connectivity index (χ0) is 14.8. The van der Waals surface area contributed by atoms with Crippen LogP contribution in [0.1, 0.15) is 26.7 Å². The highest BCUT2D eigenvalue weighted by molar-refractivity contribution is 5.77. The highest BCUT2D eigenvalue weighted by Gasteiger charge is 2.25. The number of likely N-dealkylation sites (tertiary alicyclic amines) is 1. The first kappa shape index (κ1) is 16.6. The second-order valence-electron chi connectivity index (χ2n) is 5.09. The molecule has 0 unspecified atom stereocenters. The molecule has 1 aliphatic rings. The van der Waals surface area contributed by atoms with Crippen molar-refractivity contribution in [2.75, 3.05) is 26.3 Å². The molecular formula is C16H25FN2O. The van der Waals surface area contributed by atoms with Crippen LogP contribution < -0.4 is 5.32 Å². The fourth-order valence-corrected chi connectivity index (χ4v) is 2.11. The molecular weight excluding hydrogens is 255 g/mol. The van der Waals surface area contributed by atoms with E-state index >= 15 is 0 Å². The standard InChI is InChI=1S/C16H25FN2O/c1-3-4-6-15(13-20)8-7-14(2)18-16-11-19(12-16)10-5-9-17/h4,6-8,13,16,18H,3,5,9-12H2,1-2H3/b6-4+,14-7+,15-8+. The summed E-state index contributed by atoms with van der Waals surface area (Å²) in [5, 5.41) is 3.40. The van der Waals surface area contributed by atoms with Crippen LogP contribution in [0.3, 0.4) is 0 Å². The van der Waals surface area contributed by atoms with E-state index in [2.05, 4.69) is 10.2 Å². The van der Waals surface area contributed by atoms with Crippen molar-refractivity contribution >= 4 is 6.29 Å². The lowest BCUT2D eigenvalue weighted by atomic mass is 10.1. The molecule has 1 rings (SSSR count). The summed E-state index contributed by atoms with van der Waals surface area (Å²) >= 11 is 0. The third-order valence-electron chi connectivity index (χ3n) is 3.20. The van der Waals surface area contributed by atoms with Gasteiger partial charge in [-0.05, 0) is 25.8 Å². The van der Waals surface area contributed by atoms with Crippen LogP contribution in [0.15, 0.2) is 35.6 Å². The minimum Gasteiger partial charge on any atom is -0.383 e. The van der Waals surface area contributed by atoms with E-state index in [1.54, 1.807) is 0 Å². The van der Waals surface area contributed by atoms with Gasteiger partial charge >= 0.3 is 0 Å². The number of halogens is 1. The number of hydrogen-bond acceptors (Lipinski definition) is 3. The summed E-state index contributed by atoms with van der Waals surface area (Å²) in [5.41, 5.74) is 1.72. The molecule has 112 valence electrons. The minimum absolute atomic E-state index is 0.238. The molecule has 0 aromatic heterocycles. The van der Waals surface area contributed by atoms with Gasteiger partial charge in [0, 0.05) is 30.9 Å². The Kier molecular flexibility index (Phi) is 7.88. The predicted molar refractivity (Wildman–Crippen MR) is 81.3 cm³/mol. The fourth-order valence-electron chi connectivity index (χ4n) is 2.11. The third-order valence-corrected chi connectivity index (χ3v) is 3.20. The average Bonchev–Trinajstić information content (AvgIpc) is 2.41. The van der Waals surface area contributed by atoms with E-state index in [1.165, 1.54) is 0 Å². The molecule has 0 bridgehead atoms. The average molecular weight is 280 g/mol. The zero-order valence-corrected chi connectivity index (χ0v) is 12.4. The monoisotopic (exact) mass is 280 g/mol. The lowest BCUT2D eigenvalue weighted by Crippen LogP contribution is -2.57. The molecule has 1 fully saturated rings. The summed E-state index contributed by atoms with van der Waals surface area (Å²) in [6, 6.07) is 0.435. The Balaban J connectivity index is 2.34. The molecule has 0 aromatic carbocycles. The third kappa shape index (κ3) is 6.15. The first-order valence-corrected chi connectivity index (χ1v) is 7.24. The number of nitrogens with one attached hydrogen (secondary N) is 1. The normalized spacial score (nSPS) is 18.4. The lowest BCUT2D eigenvalue weighted by Gasteiger charge is -2.40. The van der Waals surface area contributed by atoms with E-state index in [-0.39, 0.29) is 6.67 Å². The van der Waals surface area contributed by atoms with E-state index in [4.69, 9.17) is 0 Å². The number of carbonyl (C=O) groups is 1. The Morgan fingerprint density at radius 2 is 2.15 bits per heavy atom. The topological polar surface area (TPSA) is 32.3 Å². The van der Waals surface area contributed by atoms with Crippen LogP contribution >= 0.6 is 0 Å². The summed E-state index contributed by atoms with van der Waals surface area (Å²) in [5.74, 6) is 0. The van der Waals surface area contributed by atoms with Crippen LogP contribution in [0.2, 0.25) is 0 Å². The molecule has 4 heteroatoms. The van der Waals surface area contributed by atoms with E-state index in [0.29, 0.717) is 18.0 Å². The molecule has 0 aromatic rings. The van der Waals surface area contributed by atoms with Crippen molar-refractivity contribution in [1.29, 1.82) is 0 Å². The maximum Gasteiger partial charge on any atom is 0.150 e. The van der Waals surface area contributed by atoms with Gasteiger partial charge in [-0.25, -0.2) is 0 Å². The van der Waals surface area contributed by atoms with Gasteiger partial charge in [0.2, 0.25) is 0 Å². The smallest absolute Gasteiger partial charge is 0.150 e. The summed E-state index contributed by atoms with van der Waals surface area (Å²) in [4.78, 5) is 13.1. The number of alkyl halides is 1. The van der Waals surface area contributed by atoms with Crippen LogP contribution in [0.25, 0.3) is 0 Å². The van der Waals surface area contributed by atoms with Gasteiger partial charge < -0.3 is 5.32 Å². The van der Waals surface area contributed by atoms with Crippen molar-refractivity contribution in [3.63, 3.8) is 0 Å². The van der Waals surface area contributed by atoms with Gasteiger partial charge in [0.1, 0.15) is 6.29 Å². The van der Waals surface area contributed by atoms with Gasteiger partial charge in [-0.3, -0.25) is 14.1 Å². The van der Waals surface area contributed by atoms with Gasteiger partial charge in [0.25, 0.3) is 0 Å². The Morgan fingerprint density at radius 3 is 2.75 bits per heavy atom. The molecule has 0 atom stereocenters. The molecule has 1 N–H and O–H groups in total. The zero-order valence-electron chi connectivity index (χ0n) is 12.4. The SMILES string of the molecule is CC/C=C/C(C=O)=C\C=C(/C)NC1CN(CCCF)C1. The Bertz CT molecular complexity index is 382. The maximum atomic E-state index is 12.0. The van der Waals surface area contributed by atoms with Crippen molar-refractivity contribution in [3.8, 4) is 0 Å². The van der Waals surface area contributed by atoms with Crippen molar-refractivity contribution in [3.05, 3.63) is 35.6 Å². The summed E-state index contributed by atoms with van der Waals surface area (Å²) < 4.78 is 12.0. The number of hydrogen-bond donors (Lipinski definition) is 1. The van der Waals surface area contributed by atoms with Crippen LogP contribution in [-0.2, 0) is 4.79 Å². The van der Waals surface area contributed by atoms with Gasteiger partial charge in [0.05, 0.1) is 12.7 Å². The quantitative estimate of drug-likeness (QED) is 0.400. The molecule has 0 aliphatic carbocycles. The number of aldehydes is 1. The molecule has 0 saturated carbocycles. The molecule has 0 amide bonds. The second-order valence-corrected chi connectivity index (χ2v) is 5.09. The van der Waals surface area contributed by atoms with E-state index < -0.39 is 0 Å². The van der Waals surface area contributed by atoms with Crippen LogP contribution in [0.5, 0.6) is 0 Å². The van der Waals surface area contributed by atoms with Crippen molar-refractivity contribution in [2.45, 2.75) is 32.7 Å². The molecule has 1 heterocycles. The van der Waals surface area contributed by atoms with Crippen molar-refractivity contribution in [2.24, 2.45) is 0 Å².